The van der Waals surface area contributed by atoms with E-state index >= 15 is 0 Å². The van der Waals surface area contributed by atoms with Crippen molar-refractivity contribution in [3.63, 3.8) is 0 Å². The summed E-state index contributed by atoms with van der Waals surface area (Å²) in [4.78, 5) is 50.4. The first-order valence-electron chi connectivity index (χ1n) is 11.4. The fourth-order valence-corrected chi connectivity index (χ4v) is 4.70. The minimum Gasteiger partial charge on any atom is -0.384 e. The number of amides is 1. The highest BCUT2D eigenvalue weighted by molar-refractivity contribution is 7.99. The number of benzene rings is 1. The molecule has 2 heterocycles. The highest BCUT2D eigenvalue weighted by atomic mass is 32.2. The smallest absolute Gasteiger partial charge is 0.332 e. The summed E-state index contributed by atoms with van der Waals surface area (Å²) >= 11 is 1.11. The SMILES string of the molecule is CCn1c(=O)c(C(=O)CSc2nnc(C3CC3)n2CCC(N)=O)c(N)n(Cc2ccccc2)c1=O. The molecule has 1 aromatic carbocycles. The molecule has 4 N–H and O–H groups in total. The number of nitrogens with two attached hydrogens (primary N) is 2. The number of thioether (sulfide) groups is 1. The van der Waals surface area contributed by atoms with Gasteiger partial charge in [-0.25, -0.2) is 4.79 Å². The highest BCUT2D eigenvalue weighted by Gasteiger charge is 2.31. The van der Waals surface area contributed by atoms with Crippen LogP contribution in [-0.2, 0) is 24.4 Å². The van der Waals surface area contributed by atoms with Crippen LogP contribution in [0.3, 0.4) is 0 Å². The molecule has 0 spiro atoms. The summed E-state index contributed by atoms with van der Waals surface area (Å²) in [5.41, 5.74) is 10.8. The largest absolute Gasteiger partial charge is 0.384 e. The van der Waals surface area contributed by atoms with E-state index < -0.39 is 22.9 Å². The second-order valence-corrected chi connectivity index (χ2v) is 9.30. The summed E-state index contributed by atoms with van der Waals surface area (Å²) < 4.78 is 4.07. The van der Waals surface area contributed by atoms with Crippen LogP contribution in [0.25, 0.3) is 0 Å². The number of aromatic nitrogens is 5. The Balaban J connectivity index is 1.63. The number of carbonyl (C=O) groups excluding carboxylic acids is 2. The molecule has 11 nitrogen and oxygen atoms in total. The Labute approximate surface area is 205 Å². The zero-order valence-electron chi connectivity index (χ0n) is 19.3. The maximum Gasteiger partial charge on any atom is 0.332 e. The van der Waals surface area contributed by atoms with Crippen LogP contribution in [0, 0.1) is 0 Å². The number of nitrogen functional groups attached to an aromatic ring is 1. The third kappa shape index (κ3) is 5.21. The van der Waals surface area contributed by atoms with Crippen LogP contribution < -0.4 is 22.7 Å². The molecule has 1 aliphatic carbocycles. The van der Waals surface area contributed by atoms with Crippen molar-refractivity contribution in [3.8, 4) is 0 Å². The average Bonchev–Trinajstić information content (AvgIpc) is 3.60. The van der Waals surface area contributed by atoms with Gasteiger partial charge in [0.2, 0.25) is 5.91 Å². The normalized spacial score (nSPS) is 13.2. The van der Waals surface area contributed by atoms with Gasteiger partial charge in [0.15, 0.2) is 10.9 Å². The summed E-state index contributed by atoms with van der Waals surface area (Å²) in [6.07, 6.45) is 2.11. The van der Waals surface area contributed by atoms with Gasteiger partial charge in [-0.2, -0.15) is 0 Å². The van der Waals surface area contributed by atoms with Crippen LogP contribution >= 0.6 is 11.8 Å². The number of carbonyl (C=O) groups is 2. The standard InChI is InChI=1S/C23H27N7O4S/c1-2-28-21(33)18(19(25)30(23(28)34)12-14-6-4-3-5-7-14)16(31)13-35-22-27-26-20(15-8-9-15)29(22)11-10-17(24)32/h3-7,15H,2,8-13,25H2,1H3,(H2,24,32). The van der Waals surface area contributed by atoms with Crippen LogP contribution in [-0.4, -0.2) is 41.3 Å². The van der Waals surface area contributed by atoms with Crippen molar-refractivity contribution in [2.75, 3.05) is 11.5 Å². The van der Waals surface area contributed by atoms with Gasteiger partial charge in [0.05, 0.1) is 12.3 Å². The molecule has 0 saturated heterocycles. The van der Waals surface area contributed by atoms with E-state index in [0.29, 0.717) is 11.7 Å². The van der Waals surface area contributed by atoms with Gasteiger partial charge in [0.1, 0.15) is 17.2 Å². The lowest BCUT2D eigenvalue weighted by molar-refractivity contribution is -0.118. The first-order valence-corrected chi connectivity index (χ1v) is 12.3. The summed E-state index contributed by atoms with van der Waals surface area (Å²) in [6, 6.07) is 9.19. The van der Waals surface area contributed by atoms with Gasteiger partial charge in [-0.3, -0.25) is 23.5 Å². The Bertz CT molecular complexity index is 1370. The molecule has 3 aromatic rings. The first-order chi connectivity index (χ1) is 16.8. The molecule has 0 unspecified atom stereocenters. The van der Waals surface area contributed by atoms with E-state index in [1.165, 1.54) is 4.57 Å². The molecule has 184 valence electrons. The van der Waals surface area contributed by atoms with Crippen molar-refractivity contribution < 1.29 is 9.59 Å². The maximum absolute atomic E-state index is 13.2. The summed E-state index contributed by atoms with van der Waals surface area (Å²) in [5, 5.41) is 8.89. The Morgan fingerprint density at radius 1 is 1.09 bits per heavy atom. The van der Waals surface area contributed by atoms with Gasteiger partial charge in [-0.15, -0.1) is 10.2 Å². The third-order valence-corrected chi connectivity index (χ3v) is 6.82. The zero-order valence-corrected chi connectivity index (χ0v) is 20.2. The van der Waals surface area contributed by atoms with Gasteiger partial charge in [0.25, 0.3) is 5.56 Å². The molecule has 0 aliphatic heterocycles. The molecule has 1 fully saturated rings. The topological polar surface area (TPSA) is 161 Å². The number of rotatable bonds is 11. The van der Waals surface area contributed by atoms with Gasteiger partial charge < -0.3 is 16.0 Å². The number of hydrogen-bond donors (Lipinski definition) is 2. The molecule has 1 saturated carbocycles. The van der Waals surface area contributed by atoms with Crippen molar-refractivity contribution >= 4 is 29.3 Å². The predicted octanol–water partition coefficient (Wildman–Crippen LogP) is 0.980. The fraction of sp³-hybridized carbons (Fsp3) is 0.391. The van der Waals surface area contributed by atoms with Gasteiger partial charge in [0, 0.05) is 25.4 Å². The average molecular weight is 498 g/mol. The van der Waals surface area contributed by atoms with E-state index in [-0.39, 0.29) is 42.6 Å². The Morgan fingerprint density at radius 3 is 2.43 bits per heavy atom. The van der Waals surface area contributed by atoms with Crippen LogP contribution in [0.4, 0.5) is 5.82 Å². The number of primary amides is 1. The lowest BCUT2D eigenvalue weighted by atomic mass is 10.2. The molecule has 0 atom stereocenters. The Hall–Kier alpha value is -3.67. The summed E-state index contributed by atoms with van der Waals surface area (Å²) in [6.45, 7) is 2.21. The summed E-state index contributed by atoms with van der Waals surface area (Å²) in [5.74, 6) is -0.195. The minimum atomic E-state index is -0.709. The number of hydrogen-bond acceptors (Lipinski definition) is 8. The maximum atomic E-state index is 13.2. The Morgan fingerprint density at radius 2 is 1.80 bits per heavy atom. The van der Waals surface area contributed by atoms with Crippen molar-refractivity contribution in [3.05, 3.63) is 68.1 Å². The van der Waals surface area contributed by atoms with Gasteiger partial charge in [-0.1, -0.05) is 42.1 Å². The van der Waals surface area contributed by atoms with Crippen LogP contribution in [0.1, 0.15) is 53.8 Å². The number of anilines is 1. The number of nitrogens with zero attached hydrogens (tertiary/aromatic N) is 5. The van der Waals surface area contributed by atoms with Crippen LogP contribution in [0.15, 0.2) is 45.1 Å². The lowest BCUT2D eigenvalue weighted by Crippen LogP contribution is -2.44. The molecule has 1 aliphatic rings. The van der Waals surface area contributed by atoms with E-state index in [4.69, 9.17) is 11.5 Å². The molecule has 0 radical (unpaired) electrons. The highest BCUT2D eigenvalue weighted by Crippen LogP contribution is 2.40. The fourth-order valence-electron chi connectivity index (χ4n) is 3.86. The molecule has 35 heavy (non-hydrogen) atoms. The number of Topliss-reactive ketones (excluding diaryl/α,β-unsaturated/α-hetero) is 1. The Kier molecular flexibility index (Phi) is 7.20. The second kappa shape index (κ2) is 10.3. The van der Waals surface area contributed by atoms with E-state index in [2.05, 4.69) is 10.2 Å². The first kappa shape index (κ1) is 24.5. The van der Waals surface area contributed by atoms with Crippen LogP contribution in [0.2, 0.25) is 0 Å². The van der Waals surface area contributed by atoms with Crippen molar-refractivity contribution in [1.29, 1.82) is 0 Å². The molecule has 4 rings (SSSR count). The quantitative estimate of drug-likeness (QED) is 0.293. The van der Waals surface area contributed by atoms with E-state index in [1.54, 1.807) is 6.92 Å². The van der Waals surface area contributed by atoms with Crippen molar-refractivity contribution in [2.24, 2.45) is 5.73 Å². The molecule has 0 bridgehead atoms. The van der Waals surface area contributed by atoms with E-state index in [1.807, 2.05) is 34.9 Å². The molecule has 1 amide bonds. The van der Waals surface area contributed by atoms with Crippen molar-refractivity contribution in [1.82, 2.24) is 23.9 Å². The third-order valence-electron chi connectivity index (χ3n) is 5.85. The molecule has 2 aromatic heterocycles. The minimum absolute atomic E-state index is 0.104. The van der Waals surface area contributed by atoms with E-state index in [9.17, 15) is 19.2 Å². The summed E-state index contributed by atoms with van der Waals surface area (Å²) in [7, 11) is 0. The van der Waals surface area contributed by atoms with Gasteiger partial charge >= 0.3 is 5.69 Å². The number of ketones is 1. The lowest BCUT2D eigenvalue weighted by Gasteiger charge is -2.16. The van der Waals surface area contributed by atoms with Gasteiger partial charge in [-0.05, 0) is 25.3 Å². The monoisotopic (exact) mass is 497 g/mol. The van der Waals surface area contributed by atoms with Crippen molar-refractivity contribution in [2.45, 2.75) is 56.9 Å². The molecular formula is C23H27N7O4S. The predicted molar refractivity (Wildman–Crippen MR) is 131 cm³/mol. The zero-order chi connectivity index (χ0) is 25.1. The van der Waals surface area contributed by atoms with Crippen LogP contribution in [0.5, 0.6) is 0 Å². The molecular weight excluding hydrogens is 470 g/mol. The van der Waals surface area contributed by atoms with E-state index in [0.717, 1.165) is 40.6 Å². The molecule has 12 heteroatoms. The second-order valence-electron chi connectivity index (χ2n) is 8.36.